The van der Waals surface area contributed by atoms with Crippen LogP contribution in [-0.2, 0) is 6.42 Å². The lowest BCUT2D eigenvalue weighted by Gasteiger charge is -2.03. The first-order valence-corrected chi connectivity index (χ1v) is 4.29. The van der Waals surface area contributed by atoms with Crippen molar-refractivity contribution in [3.63, 3.8) is 0 Å². The summed E-state index contributed by atoms with van der Waals surface area (Å²) in [5.74, 6) is 0.932. The normalized spacial score (nSPS) is 11.8. The Bertz CT molecular complexity index is 297. The number of ether oxygens (including phenoxy) is 1. The van der Waals surface area contributed by atoms with Crippen LogP contribution >= 0.6 is 0 Å². The molecule has 0 bridgehead atoms. The van der Waals surface area contributed by atoms with E-state index in [1.807, 2.05) is 31.2 Å². The maximum atomic E-state index is 8.62. The van der Waals surface area contributed by atoms with Crippen molar-refractivity contribution in [2.24, 2.45) is 5.92 Å². The van der Waals surface area contributed by atoms with Crippen molar-refractivity contribution in [1.82, 2.24) is 0 Å². The third-order valence-electron chi connectivity index (χ3n) is 1.92. The Morgan fingerprint density at radius 2 is 2.00 bits per heavy atom. The molecule has 2 heteroatoms. The molecule has 0 amide bonds. The predicted molar refractivity (Wildman–Crippen MR) is 51.5 cm³/mol. The molecule has 0 aliphatic heterocycles. The second-order valence-electron chi connectivity index (χ2n) is 3.08. The van der Waals surface area contributed by atoms with Gasteiger partial charge in [-0.05, 0) is 31.0 Å². The molecule has 0 aliphatic carbocycles. The topological polar surface area (TPSA) is 33.0 Å². The van der Waals surface area contributed by atoms with Gasteiger partial charge in [0.2, 0.25) is 0 Å². The van der Waals surface area contributed by atoms with Crippen LogP contribution in [0.25, 0.3) is 0 Å². The number of benzene rings is 1. The summed E-state index contributed by atoms with van der Waals surface area (Å²) in [7, 11) is 1.65. The molecule has 0 aromatic heterocycles. The molecule has 0 spiro atoms. The third kappa shape index (κ3) is 2.79. The van der Waals surface area contributed by atoms with Crippen LogP contribution in [0.5, 0.6) is 5.75 Å². The zero-order valence-corrected chi connectivity index (χ0v) is 7.95. The van der Waals surface area contributed by atoms with Crippen molar-refractivity contribution in [3.05, 3.63) is 29.8 Å². The Morgan fingerprint density at radius 3 is 2.46 bits per heavy atom. The Balaban J connectivity index is 2.65. The number of nitriles is 1. The standard InChI is InChI=1S/C11H13NO/c1-9(8-12)7-10-3-5-11(13-2)6-4-10/h3-6,9H,7H2,1-2H3/t9-/m0/s1. The Morgan fingerprint density at radius 1 is 1.38 bits per heavy atom. The second-order valence-corrected chi connectivity index (χ2v) is 3.08. The highest BCUT2D eigenvalue weighted by atomic mass is 16.5. The minimum absolute atomic E-state index is 0.0772. The lowest BCUT2D eigenvalue weighted by atomic mass is 10.0. The molecular formula is C11H13NO. The first-order chi connectivity index (χ1) is 6.26. The first-order valence-electron chi connectivity index (χ1n) is 4.29. The average Bonchev–Trinajstić information content (AvgIpc) is 2.19. The van der Waals surface area contributed by atoms with E-state index < -0.39 is 0 Å². The summed E-state index contributed by atoms with van der Waals surface area (Å²) in [4.78, 5) is 0. The van der Waals surface area contributed by atoms with Gasteiger partial charge in [-0.1, -0.05) is 12.1 Å². The summed E-state index contributed by atoms with van der Waals surface area (Å²) >= 11 is 0. The zero-order chi connectivity index (χ0) is 9.68. The van der Waals surface area contributed by atoms with Crippen LogP contribution in [0.2, 0.25) is 0 Å². The molecule has 13 heavy (non-hydrogen) atoms. The van der Waals surface area contributed by atoms with Crippen molar-refractivity contribution < 1.29 is 4.74 Å². The smallest absolute Gasteiger partial charge is 0.118 e. The minimum Gasteiger partial charge on any atom is -0.497 e. The van der Waals surface area contributed by atoms with Gasteiger partial charge in [-0.2, -0.15) is 5.26 Å². The maximum Gasteiger partial charge on any atom is 0.118 e. The average molecular weight is 175 g/mol. The van der Waals surface area contributed by atoms with Gasteiger partial charge in [0.05, 0.1) is 13.2 Å². The number of methoxy groups -OCH3 is 1. The zero-order valence-electron chi connectivity index (χ0n) is 7.95. The molecule has 1 aromatic rings. The number of hydrogen-bond acceptors (Lipinski definition) is 2. The molecule has 1 aromatic carbocycles. The summed E-state index contributed by atoms with van der Waals surface area (Å²) in [6.45, 7) is 1.92. The monoisotopic (exact) mass is 175 g/mol. The predicted octanol–water partition coefficient (Wildman–Crippen LogP) is 2.40. The molecule has 2 nitrogen and oxygen atoms in total. The van der Waals surface area contributed by atoms with Crippen molar-refractivity contribution in [3.8, 4) is 11.8 Å². The van der Waals surface area contributed by atoms with Crippen LogP contribution in [-0.4, -0.2) is 7.11 Å². The second kappa shape index (κ2) is 4.51. The van der Waals surface area contributed by atoms with Gasteiger partial charge in [-0.3, -0.25) is 0 Å². The van der Waals surface area contributed by atoms with Gasteiger partial charge in [0.25, 0.3) is 0 Å². The van der Waals surface area contributed by atoms with Crippen LogP contribution in [0.3, 0.4) is 0 Å². The Kier molecular flexibility index (Phi) is 3.33. The molecule has 1 atom stereocenters. The maximum absolute atomic E-state index is 8.62. The fourth-order valence-corrected chi connectivity index (χ4v) is 1.16. The van der Waals surface area contributed by atoms with Crippen LogP contribution in [0, 0.1) is 17.2 Å². The van der Waals surface area contributed by atoms with Gasteiger partial charge < -0.3 is 4.74 Å². The molecule has 0 radical (unpaired) electrons. The summed E-state index contributed by atoms with van der Waals surface area (Å²) in [6, 6.07) is 10.0. The quantitative estimate of drug-likeness (QED) is 0.706. The third-order valence-corrected chi connectivity index (χ3v) is 1.92. The summed E-state index contributed by atoms with van der Waals surface area (Å²) in [5.41, 5.74) is 1.18. The molecule has 68 valence electrons. The van der Waals surface area contributed by atoms with Gasteiger partial charge in [0, 0.05) is 5.92 Å². The SMILES string of the molecule is COc1ccc(C[C@H](C)C#N)cc1. The van der Waals surface area contributed by atoms with Gasteiger partial charge in [-0.15, -0.1) is 0 Å². The van der Waals surface area contributed by atoms with Gasteiger partial charge in [0.15, 0.2) is 0 Å². The van der Waals surface area contributed by atoms with E-state index >= 15 is 0 Å². The van der Waals surface area contributed by atoms with Crippen molar-refractivity contribution in [1.29, 1.82) is 5.26 Å². The van der Waals surface area contributed by atoms with Gasteiger partial charge >= 0.3 is 0 Å². The Hall–Kier alpha value is -1.49. The van der Waals surface area contributed by atoms with E-state index in [1.54, 1.807) is 7.11 Å². The fourth-order valence-electron chi connectivity index (χ4n) is 1.16. The molecule has 0 heterocycles. The van der Waals surface area contributed by atoms with Crippen LogP contribution in [0.4, 0.5) is 0 Å². The molecule has 0 saturated heterocycles. The van der Waals surface area contributed by atoms with Crippen molar-refractivity contribution in [2.45, 2.75) is 13.3 Å². The highest BCUT2D eigenvalue weighted by Gasteiger charge is 2.01. The van der Waals surface area contributed by atoms with E-state index in [4.69, 9.17) is 10.00 Å². The highest BCUT2D eigenvalue weighted by Crippen LogP contribution is 2.13. The van der Waals surface area contributed by atoms with E-state index in [2.05, 4.69) is 6.07 Å². The molecule has 0 aliphatic rings. The number of rotatable bonds is 3. The van der Waals surface area contributed by atoms with Gasteiger partial charge in [-0.25, -0.2) is 0 Å². The molecular weight excluding hydrogens is 162 g/mol. The molecule has 0 saturated carbocycles. The largest absolute Gasteiger partial charge is 0.497 e. The van der Waals surface area contributed by atoms with E-state index in [1.165, 1.54) is 5.56 Å². The Labute approximate surface area is 78.8 Å². The van der Waals surface area contributed by atoms with Crippen molar-refractivity contribution in [2.75, 3.05) is 7.11 Å². The molecule has 0 N–H and O–H groups in total. The van der Waals surface area contributed by atoms with Crippen LogP contribution in [0.15, 0.2) is 24.3 Å². The molecule has 1 rings (SSSR count). The first kappa shape index (κ1) is 9.60. The molecule has 0 fully saturated rings. The van der Waals surface area contributed by atoms with Gasteiger partial charge in [0.1, 0.15) is 5.75 Å². The lowest BCUT2D eigenvalue weighted by molar-refractivity contribution is 0.414. The fraction of sp³-hybridized carbons (Fsp3) is 0.364. The number of nitrogens with zero attached hydrogens (tertiary/aromatic N) is 1. The summed E-state index contributed by atoms with van der Waals surface area (Å²) in [5, 5.41) is 8.62. The van der Waals surface area contributed by atoms with E-state index in [0.717, 1.165) is 12.2 Å². The van der Waals surface area contributed by atoms with E-state index in [9.17, 15) is 0 Å². The van der Waals surface area contributed by atoms with Crippen LogP contribution < -0.4 is 4.74 Å². The summed E-state index contributed by atoms with van der Waals surface area (Å²) < 4.78 is 5.04. The molecule has 0 unspecified atom stereocenters. The van der Waals surface area contributed by atoms with Crippen molar-refractivity contribution >= 4 is 0 Å². The van der Waals surface area contributed by atoms with E-state index in [0.29, 0.717) is 0 Å². The highest BCUT2D eigenvalue weighted by molar-refractivity contribution is 5.27. The minimum atomic E-state index is 0.0772. The number of hydrogen-bond donors (Lipinski definition) is 0. The lowest BCUT2D eigenvalue weighted by Crippen LogP contribution is -1.95. The van der Waals surface area contributed by atoms with E-state index in [-0.39, 0.29) is 5.92 Å². The summed E-state index contributed by atoms with van der Waals surface area (Å²) in [6.07, 6.45) is 0.806. The van der Waals surface area contributed by atoms with Crippen LogP contribution in [0.1, 0.15) is 12.5 Å².